The predicted octanol–water partition coefficient (Wildman–Crippen LogP) is 1.59. The smallest absolute Gasteiger partial charge is 0.419 e. The third-order valence-corrected chi connectivity index (χ3v) is 5.11. The molecule has 1 aromatic carbocycles. The number of carbonyl (C=O) groups is 2. The van der Waals surface area contributed by atoms with E-state index in [1.807, 2.05) is 12.2 Å². The first-order valence-electron chi connectivity index (χ1n) is 7.77. The number of hydrogen-bond acceptors (Lipinski definition) is 4. The van der Waals surface area contributed by atoms with Gasteiger partial charge in [0.1, 0.15) is 0 Å². The van der Waals surface area contributed by atoms with Crippen molar-refractivity contribution in [3.8, 4) is 0 Å². The zero-order chi connectivity index (χ0) is 17.0. The van der Waals surface area contributed by atoms with Gasteiger partial charge in [-0.15, -0.1) is 0 Å². The number of nitrogens with zero attached hydrogens (tertiary/aromatic N) is 1. The zero-order valence-corrected chi connectivity index (χ0v) is 12.9. The molecule has 1 heterocycles. The molecule has 1 aromatic heterocycles. The topological polar surface area (TPSA) is 102 Å². The summed E-state index contributed by atoms with van der Waals surface area (Å²) >= 11 is 0. The minimum atomic E-state index is -0.934. The highest BCUT2D eigenvalue weighted by Gasteiger charge is 2.51. The highest BCUT2D eigenvalue weighted by Crippen LogP contribution is 2.48. The average Bonchev–Trinajstić information content (AvgIpc) is 3.21. The lowest BCUT2D eigenvalue weighted by Gasteiger charge is -2.23. The van der Waals surface area contributed by atoms with Gasteiger partial charge in [0.25, 0.3) is 0 Å². The number of aromatic nitrogens is 1. The van der Waals surface area contributed by atoms with Crippen LogP contribution in [0.1, 0.15) is 6.42 Å². The molecule has 2 aliphatic rings. The van der Waals surface area contributed by atoms with E-state index >= 15 is 0 Å². The minimum Gasteiger partial charge on any atom is -0.481 e. The summed E-state index contributed by atoms with van der Waals surface area (Å²) in [5.74, 6) is -3.08. The van der Waals surface area contributed by atoms with Gasteiger partial charge in [0.05, 0.1) is 17.4 Å². The van der Waals surface area contributed by atoms with Gasteiger partial charge >= 0.3 is 11.7 Å². The summed E-state index contributed by atoms with van der Waals surface area (Å²) in [6, 6.07) is 4.94. The fourth-order valence-electron chi connectivity index (χ4n) is 3.95. The van der Waals surface area contributed by atoms with Crippen molar-refractivity contribution in [3.63, 3.8) is 0 Å². The van der Waals surface area contributed by atoms with E-state index in [0.29, 0.717) is 23.2 Å². The summed E-state index contributed by atoms with van der Waals surface area (Å²) in [6.45, 7) is 0. The van der Waals surface area contributed by atoms with Crippen LogP contribution in [0, 0.1) is 23.7 Å². The van der Waals surface area contributed by atoms with Gasteiger partial charge in [0.15, 0.2) is 5.58 Å². The molecule has 2 bridgehead atoms. The van der Waals surface area contributed by atoms with E-state index in [0.717, 1.165) is 0 Å². The molecule has 0 spiro atoms. The van der Waals surface area contributed by atoms with E-state index in [-0.39, 0.29) is 17.7 Å². The van der Waals surface area contributed by atoms with Gasteiger partial charge in [-0.2, -0.15) is 0 Å². The van der Waals surface area contributed by atoms with E-state index in [4.69, 9.17) is 4.42 Å². The number of amides is 1. The number of nitrogens with one attached hydrogen (secondary N) is 1. The summed E-state index contributed by atoms with van der Waals surface area (Å²) in [7, 11) is 1.60. The van der Waals surface area contributed by atoms with Crippen LogP contribution in [0.4, 0.5) is 5.69 Å². The molecule has 1 saturated carbocycles. The van der Waals surface area contributed by atoms with Crippen LogP contribution in [-0.2, 0) is 16.6 Å². The van der Waals surface area contributed by atoms with Crippen LogP contribution in [0.25, 0.3) is 11.1 Å². The van der Waals surface area contributed by atoms with E-state index in [1.165, 1.54) is 4.57 Å². The number of carboxylic acid groups (broad SMARTS) is 1. The van der Waals surface area contributed by atoms with Crippen molar-refractivity contribution in [2.75, 3.05) is 5.32 Å². The van der Waals surface area contributed by atoms with E-state index in [2.05, 4.69) is 5.32 Å². The number of aliphatic carboxylic acids is 1. The van der Waals surface area contributed by atoms with Crippen molar-refractivity contribution in [1.29, 1.82) is 0 Å². The van der Waals surface area contributed by atoms with Gasteiger partial charge in [-0.3, -0.25) is 14.2 Å². The number of allylic oxidation sites excluding steroid dienone is 2. The number of hydrogen-bond donors (Lipinski definition) is 2. The first-order valence-corrected chi connectivity index (χ1v) is 7.77. The molecule has 124 valence electrons. The molecule has 2 aliphatic carbocycles. The Morgan fingerprint density at radius 1 is 1.25 bits per heavy atom. The van der Waals surface area contributed by atoms with Crippen molar-refractivity contribution < 1.29 is 19.1 Å². The molecule has 0 aliphatic heterocycles. The first kappa shape index (κ1) is 14.7. The lowest BCUT2D eigenvalue weighted by Crippen LogP contribution is -2.36. The lowest BCUT2D eigenvalue weighted by molar-refractivity contribution is -0.146. The van der Waals surface area contributed by atoms with E-state index < -0.39 is 23.6 Å². The van der Waals surface area contributed by atoms with Crippen LogP contribution in [0.5, 0.6) is 0 Å². The highest BCUT2D eigenvalue weighted by atomic mass is 16.4. The van der Waals surface area contributed by atoms with Gasteiger partial charge in [-0.25, -0.2) is 4.79 Å². The summed E-state index contributed by atoms with van der Waals surface area (Å²) < 4.78 is 6.48. The molecule has 1 amide bonds. The Labute approximate surface area is 136 Å². The maximum atomic E-state index is 12.6. The largest absolute Gasteiger partial charge is 0.481 e. The third-order valence-electron chi connectivity index (χ3n) is 5.11. The summed E-state index contributed by atoms with van der Waals surface area (Å²) in [4.78, 5) is 35.7. The monoisotopic (exact) mass is 328 g/mol. The first-order chi connectivity index (χ1) is 11.5. The Kier molecular flexibility index (Phi) is 3.13. The second kappa shape index (κ2) is 5.09. The maximum Gasteiger partial charge on any atom is 0.419 e. The van der Waals surface area contributed by atoms with Gasteiger partial charge in [-0.05, 0) is 30.4 Å². The number of carbonyl (C=O) groups excluding carboxylic acids is 1. The van der Waals surface area contributed by atoms with E-state index in [1.54, 1.807) is 25.2 Å². The quantitative estimate of drug-likeness (QED) is 0.833. The molecule has 24 heavy (non-hydrogen) atoms. The second-order valence-corrected chi connectivity index (χ2v) is 6.44. The van der Waals surface area contributed by atoms with Crippen molar-refractivity contribution in [1.82, 2.24) is 4.57 Å². The number of benzene rings is 1. The van der Waals surface area contributed by atoms with Crippen molar-refractivity contribution in [2.24, 2.45) is 30.7 Å². The standard InChI is InChI=1S/C17H16N2O5/c1-19-11-5-4-10(7-12(11)24-17(19)23)18-15(20)13-8-2-3-9(6-8)14(13)16(21)22/h2-5,7-9,13-14H,6H2,1H3,(H,18,20)(H,21,22). The third kappa shape index (κ3) is 2.08. The average molecular weight is 328 g/mol. The lowest BCUT2D eigenvalue weighted by atomic mass is 9.82. The summed E-state index contributed by atoms with van der Waals surface area (Å²) in [5, 5.41) is 12.2. The Hall–Kier alpha value is -2.83. The number of anilines is 1. The predicted molar refractivity (Wildman–Crippen MR) is 85.4 cm³/mol. The summed E-state index contributed by atoms with van der Waals surface area (Å²) in [6.07, 6.45) is 4.55. The van der Waals surface area contributed by atoms with Crippen LogP contribution >= 0.6 is 0 Å². The SMILES string of the molecule is Cn1c(=O)oc2cc(NC(=O)C3C4C=CC(C4)C3C(=O)O)ccc21. The normalized spacial score (nSPS) is 27.7. The Morgan fingerprint density at radius 2 is 1.96 bits per heavy atom. The molecule has 4 atom stereocenters. The number of fused-ring (bicyclic) bond motifs is 3. The molecule has 1 fully saturated rings. The molecule has 2 N–H and O–H groups in total. The van der Waals surface area contributed by atoms with E-state index in [9.17, 15) is 19.5 Å². The fourth-order valence-corrected chi connectivity index (χ4v) is 3.95. The molecule has 2 aromatic rings. The van der Waals surface area contributed by atoms with Gasteiger partial charge in [-0.1, -0.05) is 12.2 Å². The molecular formula is C17H16N2O5. The van der Waals surface area contributed by atoms with Crippen molar-refractivity contribution >= 4 is 28.7 Å². The van der Waals surface area contributed by atoms with Crippen LogP contribution in [-0.4, -0.2) is 21.6 Å². The van der Waals surface area contributed by atoms with Crippen LogP contribution in [0.2, 0.25) is 0 Å². The molecule has 4 rings (SSSR count). The number of rotatable bonds is 3. The van der Waals surface area contributed by atoms with Crippen molar-refractivity contribution in [2.45, 2.75) is 6.42 Å². The van der Waals surface area contributed by atoms with Gasteiger partial charge in [0.2, 0.25) is 5.91 Å². The minimum absolute atomic E-state index is 0.0329. The molecule has 7 heteroatoms. The fraction of sp³-hybridized carbons (Fsp3) is 0.353. The van der Waals surface area contributed by atoms with Crippen LogP contribution < -0.4 is 11.1 Å². The van der Waals surface area contributed by atoms with Gasteiger partial charge in [0, 0.05) is 18.8 Å². The molecular weight excluding hydrogens is 312 g/mol. The molecule has 7 nitrogen and oxygen atoms in total. The maximum absolute atomic E-state index is 12.6. The Morgan fingerprint density at radius 3 is 2.67 bits per heavy atom. The molecule has 4 unspecified atom stereocenters. The number of aryl methyl sites for hydroxylation is 1. The number of oxazole rings is 1. The Bertz CT molecular complexity index is 938. The van der Waals surface area contributed by atoms with Crippen molar-refractivity contribution in [3.05, 3.63) is 40.9 Å². The van der Waals surface area contributed by atoms with Crippen LogP contribution in [0.3, 0.4) is 0 Å². The summed E-state index contributed by atoms with van der Waals surface area (Å²) in [5.41, 5.74) is 1.49. The molecule has 0 radical (unpaired) electrons. The molecule has 0 saturated heterocycles. The number of carboxylic acids is 1. The second-order valence-electron chi connectivity index (χ2n) is 6.44. The van der Waals surface area contributed by atoms with Gasteiger partial charge < -0.3 is 14.8 Å². The highest BCUT2D eigenvalue weighted by molar-refractivity contribution is 5.97. The van der Waals surface area contributed by atoms with Crippen LogP contribution in [0.15, 0.2) is 39.6 Å². The zero-order valence-electron chi connectivity index (χ0n) is 12.9. The Balaban J connectivity index is 1.61.